The van der Waals surface area contributed by atoms with Crippen LogP contribution in [0.5, 0.6) is 11.5 Å². The number of amides is 2. The summed E-state index contributed by atoms with van der Waals surface area (Å²) in [5, 5.41) is 6.48. The molecule has 0 bridgehead atoms. The quantitative estimate of drug-likeness (QED) is 0.645. The van der Waals surface area contributed by atoms with Gasteiger partial charge in [0, 0.05) is 11.9 Å². The second kappa shape index (κ2) is 6.85. The first kappa shape index (κ1) is 17.6. The maximum atomic E-state index is 12.5. The second-order valence-corrected chi connectivity index (χ2v) is 7.17. The van der Waals surface area contributed by atoms with Gasteiger partial charge in [0.05, 0.1) is 11.9 Å². The lowest BCUT2D eigenvalue weighted by Gasteiger charge is -2.13. The van der Waals surface area contributed by atoms with Crippen molar-refractivity contribution in [2.45, 2.75) is 19.0 Å². The van der Waals surface area contributed by atoms with E-state index < -0.39 is 6.04 Å². The van der Waals surface area contributed by atoms with E-state index in [1.54, 1.807) is 10.6 Å². The summed E-state index contributed by atoms with van der Waals surface area (Å²) >= 11 is 5.38. The summed E-state index contributed by atoms with van der Waals surface area (Å²) in [7, 11) is 0. The van der Waals surface area contributed by atoms with E-state index in [4.69, 9.17) is 21.7 Å². The molecule has 1 atom stereocenters. The molecule has 9 heteroatoms. The predicted octanol–water partition coefficient (Wildman–Crippen LogP) is 2.69. The number of hydrogen-bond donors (Lipinski definition) is 2. The molecule has 2 aromatic carbocycles. The highest BCUT2D eigenvalue weighted by molar-refractivity contribution is 7.71. The van der Waals surface area contributed by atoms with Crippen LogP contribution in [-0.2, 0) is 16.1 Å². The van der Waals surface area contributed by atoms with Gasteiger partial charge in [-0.25, -0.2) is 4.98 Å². The molecule has 2 N–H and O–H groups in total. The van der Waals surface area contributed by atoms with Crippen molar-refractivity contribution in [2.24, 2.45) is 0 Å². The zero-order valence-corrected chi connectivity index (χ0v) is 16.0. The molecule has 3 aromatic rings. The standard InChI is InChI=1S/C20H16N4O4S/c25-17(21-9-11-5-6-15-16(7-11)28-10-27-15)8-14-19(26)23-18-12-3-1-2-4-13(12)22-20(29)24(14)18/h1-7,14H,8-10H2,(H,21,25)(H,23,26). The molecule has 2 aliphatic rings. The number of ether oxygens (including phenoxy) is 2. The molecule has 2 amide bonds. The Balaban J connectivity index is 1.34. The van der Waals surface area contributed by atoms with Crippen molar-refractivity contribution >= 4 is 40.8 Å². The lowest BCUT2D eigenvalue weighted by molar-refractivity contribution is -0.126. The summed E-state index contributed by atoms with van der Waals surface area (Å²) < 4.78 is 12.5. The van der Waals surface area contributed by atoms with Gasteiger partial charge in [-0.1, -0.05) is 18.2 Å². The van der Waals surface area contributed by atoms with Crippen molar-refractivity contribution in [3.63, 3.8) is 0 Å². The molecule has 3 heterocycles. The van der Waals surface area contributed by atoms with E-state index in [2.05, 4.69) is 15.6 Å². The van der Waals surface area contributed by atoms with Crippen molar-refractivity contribution in [3.05, 3.63) is 52.8 Å². The first-order valence-corrected chi connectivity index (χ1v) is 9.48. The van der Waals surface area contributed by atoms with Crippen molar-refractivity contribution in [2.75, 3.05) is 12.1 Å². The Labute approximate surface area is 170 Å². The molecule has 0 radical (unpaired) electrons. The first-order chi connectivity index (χ1) is 14.1. The van der Waals surface area contributed by atoms with Crippen LogP contribution in [0.3, 0.4) is 0 Å². The Morgan fingerprint density at radius 3 is 2.97 bits per heavy atom. The average Bonchev–Trinajstić information content (AvgIpc) is 3.31. The summed E-state index contributed by atoms with van der Waals surface area (Å²) in [5.74, 6) is 1.40. The number of benzene rings is 2. The highest BCUT2D eigenvalue weighted by Gasteiger charge is 2.33. The minimum absolute atomic E-state index is 0.0300. The molecule has 8 nitrogen and oxygen atoms in total. The molecule has 146 valence electrons. The predicted molar refractivity (Wildman–Crippen MR) is 107 cm³/mol. The number of anilines is 1. The molecular weight excluding hydrogens is 392 g/mol. The van der Waals surface area contributed by atoms with Gasteiger partial charge in [0.1, 0.15) is 11.9 Å². The normalized spacial score (nSPS) is 16.6. The number of hydrogen-bond acceptors (Lipinski definition) is 6. The second-order valence-electron chi connectivity index (χ2n) is 6.80. The number of rotatable bonds is 4. The highest BCUT2D eigenvalue weighted by Crippen LogP contribution is 2.34. The highest BCUT2D eigenvalue weighted by atomic mass is 32.1. The van der Waals surface area contributed by atoms with E-state index in [-0.39, 0.29) is 29.8 Å². The number of nitrogens with zero attached hydrogens (tertiary/aromatic N) is 2. The van der Waals surface area contributed by atoms with Crippen LogP contribution >= 0.6 is 12.2 Å². The zero-order valence-electron chi connectivity index (χ0n) is 15.2. The van der Waals surface area contributed by atoms with Gasteiger partial charge in [0.25, 0.3) is 0 Å². The Kier molecular flexibility index (Phi) is 4.17. The van der Waals surface area contributed by atoms with Crippen LogP contribution in [0.4, 0.5) is 5.82 Å². The fraction of sp³-hybridized carbons (Fsp3) is 0.200. The van der Waals surface area contributed by atoms with Gasteiger partial charge in [0.2, 0.25) is 23.4 Å². The molecule has 1 aromatic heterocycles. The van der Waals surface area contributed by atoms with E-state index in [1.165, 1.54) is 0 Å². The van der Waals surface area contributed by atoms with Crippen LogP contribution in [0.2, 0.25) is 0 Å². The lowest BCUT2D eigenvalue weighted by atomic mass is 10.1. The van der Waals surface area contributed by atoms with E-state index in [1.807, 2.05) is 36.4 Å². The van der Waals surface area contributed by atoms with Crippen LogP contribution in [0.15, 0.2) is 42.5 Å². The van der Waals surface area contributed by atoms with Gasteiger partial charge in [-0.15, -0.1) is 0 Å². The summed E-state index contributed by atoms with van der Waals surface area (Å²) in [6, 6.07) is 12.2. The Hall–Kier alpha value is -3.46. The van der Waals surface area contributed by atoms with Gasteiger partial charge in [-0.3, -0.25) is 14.2 Å². The fourth-order valence-corrected chi connectivity index (χ4v) is 3.89. The van der Waals surface area contributed by atoms with Crippen molar-refractivity contribution in [3.8, 4) is 11.5 Å². The smallest absolute Gasteiger partial charge is 0.249 e. The number of fused-ring (bicyclic) bond motifs is 4. The SMILES string of the molecule is O=C(CC1C(=O)Nc2c3ccccc3nc(=S)n21)NCc1ccc2c(c1)OCO2. The van der Waals surface area contributed by atoms with Gasteiger partial charge in [-0.05, 0) is 42.0 Å². The van der Waals surface area contributed by atoms with Gasteiger partial charge in [-0.2, -0.15) is 0 Å². The topological polar surface area (TPSA) is 94.5 Å². The molecule has 0 fully saturated rings. The van der Waals surface area contributed by atoms with Crippen molar-refractivity contribution in [1.29, 1.82) is 0 Å². The number of nitrogens with one attached hydrogen (secondary N) is 2. The summed E-state index contributed by atoms with van der Waals surface area (Å²) in [6.07, 6.45) is -0.0300. The minimum atomic E-state index is -0.730. The molecule has 0 saturated carbocycles. The van der Waals surface area contributed by atoms with Crippen LogP contribution in [0, 0.1) is 4.77 Å². The average molecular weight is 408 g/mol. The molecule has 5 rings (SSSR count). The summed E-state index contributed by atoms with van der Waals surface area (Å²) in [6.45, 7) is 0.517. The monoisotopic (exact) mass is 408 g/mol. The van der Waals surface area contributed by atoms with Crippen LogP contribution in [0.1, 0.15) is 18.0 Å². The largest absolute Gasteiger partial charge is 0.454 e. The number of aromatic nitrogens is 2. The molecule has 0 aliphatic carbocycles. The molecule has 29 heavy (non-hydrogen) atoms. The van der Waals surface area contributed by atoms with Gasteiger partial charge < -0.3 is 20.1 Å². The van der Waals surface area contributed by atoms with E-state index in [0.717, 1.165) is 10.9 Å². The van der Waals surface area contributed by atoms with E-state index >= 15 is 0 Å². The minimum Gasteiger partial charge on any atom is -0.454 e. The molecule has 0 spiro atoms. The fourth-order valence-electron chi connectivity index (χ4n) is 3.57. The van der Waals surface area contributed by atoms with Crippen LogP contribution in [0.25, 0.3) is 10.9 Å². The molecular formula is C20H16N4O4S. The lowest BCUT2D eigenvalue weighted by Crippen LogP contribution is -2.28. The maximum Gasteiger partial charge on any atom is 0.249 e. The molecule has 1 unspecified atom stereocenters. The van der Waals surface area contributed by atoms with Crippen LogP contribution in [-0.4, -0.2) is 28.2 Å². The Morgan fingerprint density at radius 2 is 2.07 bits per heavy atom. The third-order valence-electron chi connectivity index (χ3n) is 4.98. The third kappa shape index (κ3) is 3.09. The first-order valence-electron chi connectivity index (χ1n) is 9.07. The van der Waals surface area contributed by atoms with Gasteiger partial charge >= 0.3 is 0 Å². The maximum absolute atomic E-state index is 12.5. The zero-order chi connectivity index (χ0) is 20.0. The molecule has 0 saturated heterocycles. The summed E-state index contributed by atoms with van der Waals surface area (Å²) in [4.78, 5) is 29.5. The van der Waals surface area contributed by atoms with E-state index in [9.17, 15) is 9.59 Å². The third-order valence-corrected chi connectivity index (χ3v) is 5.27. The Morgan fingerprint density at radius 1 is 1.24 bits per heavy atom. The number of para-hydroxylation sites is 1. The van der Waals surface area contributed by atoms with Crippen molar-refractivity contribution < 1.29 is 19.1 Å². The Bertz CT molecular complexity index is 1220. The number of carbonyl (C=O) groups is 2. The summed E-state index contributed by atoms with van der Waals surface area (Å²) in [5.41, 5.74) is 1.58. The van der Waals surface area contributed by atoms with E-state index in [0.29, 0.717) is 29.4 Å². The van der Waals surface area contributed by atoms with Crippen molar-refractivity contribution in [1.82, 2.24) is 14.9 Å². The van der Waals surface area contributed by atoms with Gasteiger partial charge in [0.15, 0.2) is 11.5 Å². The van der Waals surface area contributed by atoms with Crippen LogP contribution < -0.4 is 20.1 Å². The molecule has 2 aliphatic heterocycles. The number of carbonyl (C=O) groups excluding carboxylic acids is 2.